The Labute approximate surface area is 99.6 Å². The van der Waals surface area contributed by atoms with Crippen LogP contribution in [0.4, 0.5) is 0 Å². The normalized spacial score (nSPS) is 11.2. The summed E-state index contributed by atoms with van der Waals surface area (Å²) in [4.78, 5) is 0. The molecule has 0 rings (SSSR count). The van der Waals surface area contributed by atoms with Crippen LogP contribution in [0.5, 0.6) is 0 Å². The van der Waals surface area contributed by atoms with Crippen molar-refractivity contribution in [1.82, 2.24) is 5.32 Å². The third-order valence-corrected chi connectivity index (χ3v) is 1.89. The van der Waals surface area contributed by atoms with Crippen LogP contribution in [0.1, 0.15) is 27.2 Å². The van der Waals surface area contributed by atoms with Gasteiger partial charge in [-0.3, -0.25) is 0 Å². The van der Waals surface area contributed by atoms with Gasteiger partial charge in [0.15, 0.2) is 0 Å². The Kier molecular flexibility index (Phi) is 12.8. The first-order chi connectivity index (χ1) is 7.77. The molecule has 0 aliphatic heterocycles. The molecule has 0 amide bonds. The smallest absolute Gasteiger partial charge is 0.0701 e. The molecule has 16 heavy (non-hydrogen) atoms. The molecule has 0 aromatic heterocycles. The largest absolute Gasteiger partial charge is 0.379 e. The molecule has 0 unspecified atom stereocenters. The van der Waals surface area contributed by atoms with Crippen molar-refractivity contribution in [3.63, 3.8) is 0 Å². The first kappa shape index (κ1) is 15.8. The minimum absolute atomic E-state index is 0.524. The zero-order valence-corrected chi connectivity index (χ0v) is 11.0. The van der Waals surface area contributed by atoms with Gasteiger partial charge in [0.25, 0.3) is 0 Å². The van der Waals surface area contributed by atoms with Crippen molar-refractivity contribution in [2.24, 2.45) is 0 Å². The lowest BCUT2D eigenvalue weighted by atomic mass is 10.4. The zero-order valence-electron chi connectivity index (χ0n) is 11.0. The number of rotatable bonds is 12. The summed E-state index contributed by atoms with van der Waals surface area (Å²) < 4.78 is 16.0. The van der Waals surface area contributed by atoms with Crippen molar-refractivity contribution >= 4 is 0 Å². The number of ether oxygens (including phenoxy) is 3. The quantitative estimate of drug-likeness (QED) is 0.518. The molecule has 0 fully saturated rings. The van der Waals surface area contributed by atoms with Crippen molar-refractivity contribution in [2.45, 2.75) is 33.2 Å². The van der Waals surface area contributed by atoms with Crippen molar-refractivity contribution in [1.29, 1.82) is 0 Å². The molecule has 0 atom stereocenters. The lowest BCUT2D eigenvalue weighted by Crippen LogP contribution is -2.27. The Hall–Kier alpha value is -0.160. The molecule has 0 saturated heterocycles. The Morgan fingerprint density at radius 2 is 1.31 bits per heavy atom. The van der Waals surface area contributed by atoms with Crippen LogP contribution in [0.25, 0.3) is 0 Å². The standard InChI is InChI=1S/C12H27NO3/c1-4-6-14-8-10-16-11-9-15-7-5-13-12(2)3/h12-13H,4-11H2,1-3H3. The fourth-order valence-electron chi connectivity index (χ4n) is 1.11. The van der Waals surface area contributed by atoms with Gasteiger partial charge in [-0.25, -0.2) is 0 Å². The average molecular weight is 233 g/mol. The fraction of sp³-hybridized carbons (Fsp3) is 1.00. The van der Waals surface area contributed by atoms with Gasteiger partial charge in [-0.05, 0) is 6.42 Å². The predicted molar refractivity (Wildman–Crippen MR) is 65.9 cm³/mol. The van der Waals surface area contributed by atoms with E-state index in [4.69, 9.17) is 14.2 Å². The van der Waals surface area contributed by atoms with Gasteiger partial charge in [0.2, 0.25) is 0 Å². The summed E-state index contributed by atoms with van der Waals surface area (Å²) in [5, 5.41) is 3.28. The molecule has 4 heteroatoms. The van der Waals surface area contributed by atoms with E-state index in [2.05, 4.69) is 26.1 Å². The minimum Gasteiger partial charge on any atom is -0.379 e. The summed E-state index contributed by atoms with van der Waals surface area (Å²) in [5.41, 5.74) is 0. The second-order valence-corrected chi connectivity index (χ2v) is 3.95. The number of hydrogen-bond donors (Lipinski definition) is 1. The first-order valence-corrected chi connectivity index (χ1v) is 6.24. The van der Waals surface area contributed by atoms with E-state index in [1.165, 1.54) is 0 Å². The monoisotopic (exact) mass is 233 g/mol. The van der Waals surface area contributed by atoms with E-state index in [-0.39, 0.29) is 0 Å². The average Bonchev–Trinajstić information content (AvgIpc) is 2.25. The number of hydrogen-bond acceptors (Lipinski definition) is 4. The van der Waals surface area contributed by atoms with E-state index in [1.54, 1.807) is 0 Å². The van der Waals surface area contributed by atoms with Gasteiger partial charge in [-0.1, -0.05) is 20.8 Å². The molecule has 0 aromatic rings. The third kappa shape index (κ3) is 13.8. The Bertz CT molecular complexity index is 131. The second-order valence-electron chi connectivity index (χ2n) is 3.95. The minimum atomic E-state index is 0.524. The van der Waals surface area contributed by atoms with E-state index in [0.717, 1.165) is 26.2 Å². The van der Waals surface area contributed by atoms with Gasteiger partial charge in [0, 0.05) is 19.2 Å². The Morgan fingerprint density at radius 3 is 1.81 bits per heavy atom. The molecule has 0 radical (unpaired) electrons. The maximum absolute atomic E-state index is 5.38. The van der Waals surface area contributed by atoms with E-state index in [9.17, 15) is 0 Å². The molecule has 1 N–H and O–H groups in total. The van der Waals surface area contributed by atoms with Crippen molar-refractivity contribution in [3.05, 3.63) is 0 Å². The van der Waals surface area contributed by atoms with Gasteiger partial charge < -0.3 is 19.5 Å². The maximum atomic E-state index is 5.38. The van der Waals surface area contributed by atoms with Crippen LogP contribution in [0, 0.1) is 0 Å². The zero-order chi connectivity index (χ0) is 12.1. The SMILES string of the molecule is CCCOCCOCCOCCNC(C)C. The highest BCUT2D eigenvalue weighted by Crippen LogP contribution is 1.83. The van der Waals surface area contributed by atoms with Crippen LogP contribution in [0.2, 0.25) is 0 Å². The van der Waals surface area contributed by atoms with Gasteiger partial charge in [0.1, 0.15) is 0 Å². The van der Waals surface area contributed by atoms with Gasteiger partial charge in [-0.15, -0.1) is 0 Å². The van der Waals surface area contributed by atoms with Gasteiger partial charge in [-0.2, -0.15) is 0 Å². The Balaban J connectivity index is 2.88. The summed E-state index contributed by atoms with van der Waals surface area (Å²) in [6.07, 6.45) is 1.06. The Morgan fingerprint density at radius 1 is 0.812 bits per heavy atom. The second kappa shape index (κ2) is 12.9. The molecule has 0 heterocycles. The van der Waals surface area contributed by atoms with Crippen LogP contribution in [-0.4, -0.2) is 52.2 Å². The maximum Gasteiger partial charge on any atom is 0.0701 e. The lowest BCUT2D eigenvalue weighted by Gasteiger charge is -2.09. The summed E-state index contributed by atoms with van der Waals surface area (Å²) >= 11 is 0. The van der Waals surface area contributed by atoms with E-state index >= 15 is 0 Å². The van der Waals surface area contributed by atoms with Crippen LogP contribution < -0.4 is 5.32 Å². The molecule has 0 saturated carbocycles. The van der Waals surface area contributed by atoms with E-state index in [0.29, 0.717) is 32.5 Å². The number of nitrogens with one attached hydrogen (secondary N) is 1. The van der Waals surface area contributed by atoms with E-state index in [1.807, 2.05) is 0 Å². The summed E-state index contributed by atoms with van der Waals surface area (Å²) in [5.74, 6) is 0. The molecule has 98 valence electrons. The van der Waals surface area contributed by atoms with Crippen LogP contribution >= 0.6 is 0 Å². The molecular weight excluding hydrogens is 206 g/mol. The van der Waals surface area contributed by atoms with Crippen LogP contribution in [-0.2, 0) is 14.2 Å². The van der Waals surface area contributed by atoms with Gasteiger partial charge in [0.05, 0.1) is 33.0 Å². The molecule has 0 bridgehead atoms. The van der Waals surface area contributed by atoms with Crippen molar-refractivity contribution in [2.75, 3.05) is 46.2 Å². The topological polar surface area (TPSA) is 39.7 Å². The summed E-state index contributed by atoms with van der Waals surface area (Å²) in [7, 11) is 0. The highest BCUT2D eigenvalue weighted by molar-refractivity contribution is 4.50. The van der Waals surface area contributed by atoms with Crippen LogP contribution in [0.3, 0.4) is 0 Å². The van der Waals surface area contributed by atoms with Crippen LogP contribution in [0.15, 0.2) is 0 Å². The molecule has 0 spiro atoms. The summed E-state index contributed by atoms with van der Waals surface area (Å²) in [6, 6.07) is 0.524. The highest BCUT2D eigenvalue weighted by atomic mass is 16.5. The highest BCUT2D eigenvalue weighted by Gasteiger charge is 1.93. The molecular formula is C12H27NO3. The third-order valence-electron chi connectivity index (χ3n) is 1.89. The fourth-order valence-corrected chi connectivity index (χ4v) is 1.11. The molecule has 0 aromatic carbocycles. The van der Waals surface area contributed by atoms with Crippen molar-refractivity contribution < 1.29 is 14.2 Å². The molecule has 0 aliphatic rings. The van der Waals surface area contributed by atoms with Crippen molar-refractivity contribution in [3.8, 4) is 0 Å². The van der Waals surface area contributed by atoms with Gasteiger partial charge >= 0.3 is 0 Å². The summed E-state index contributed by atoms with van der Waals surface area (Å²) in [6.45, 7) is 11.5. The molecule has 4 nitrogen and oxygen atoms in total. The first-order valence-electron chi connectivity index (χ1n) is 6.24. The molecule has 0 aliphatic carbocycles. The lowest BCUT2D eigenvalue weighted by molar-refractivity contribution is 0.0151. The van der Waals surface area contributed by atoms with E-state index < -0.39 is 0 Å². The predicted octanol–water partition coefficient (Wildman–Crippen LogP) is 1.44.